The first-order valence-electron chi connectivity index (χ1n) is 4.39. The summed E-state index contributed by atoms with van der Waals surface area (Å²) in [6, 6.07) is -0.588. The largest absolute Gasteiger partial charge is 0.341 e. The van der Waals surface area contributed by atoms with Crippen LogP contribution in [0.2, 0.25) is 0 Å². The van der Waals surface area contributed by atoms with Gasteiger partial charge in [0.25, 0.3) is 5.91 Å². The van der Waals surface area contributed by atoms with Crippen molar-refractivity contribution in [3.63, 3.8) is 0 Å². The van der Waals surface area contributed by atoms with Crippen LogP contribution in [0, 0.1) is 0 Å². The molecule has 14 heavy (non-hydrogen) atoms. The zero-order valence-electron chi connectivity index (χ0n) is 8.51. The van der Waals surface area contributed by atoms with Gasteiger partial charge < -0.3 is 10.6 Å². The lowest BCUT2D eigenvalue weighted by Gasteiger charge is -2.23. The average Bonchev–Trinajstić information content (AvgIpc) is 2.52. The van der Waals surface area contributed by atoms with E-state index in [9.17, 15) is 9.59 Å². The fourth-order valence-corrected chi connectivity index (χ4v) is 0.902. The molecule has 1 aliphatic rings. The van der Waals surface area contributed by atoms with Gasteiger partial charge in [-0.3, -0.25) is 14.4 Å². The topological polar surface area (TPSA) is 79.5 Å². The molecular weight excluding hydrogens is 186 g/mol. The van der Waals surface area contributed by atoms with Gasteiger partial charge in [0, 0.05) is 0 Å². The van der Waals surface area contributed by atoms with Crippen LogP contribution >= 0.6 is 0 Å². The molecule has 6 heteroatoms. The summed E-state index contributed by atoms with van der Waals surface area (Å²) >= 11 is 0. The molecule has 0 bridgehead atoms. The molecule has 1 atom stereocenters. The maximum atomic E-state index is 11.6. The van der Waals surface area contributed by atoms with Gasteiger partial charge in [0.1, 0.15) is 12.6 Å². The number of hydroxylamine groups is 1. The summed E-state index contributed by atoms with van der Waals surface area (Å²) in [5.41, 5.74) is 1.48. The van der Waals surface area contributed by atoms with E-state index in [0.29, 0.717) is 0 Å². The van der Waals surface area contributed by atoms with E-state index in [1.165, 1.54) is 0 Å². The fraction of sp³-hybridized carbons (Fsp3) is 0.750. The van der Waals surface area contributed by atoms with E-state index in [2.05, 4.69) is 21.0 Å². The van der Waals surface area contributed by atoms with E-state index in [1.54, 1.807) is 20.9 Å². The Labute approximate surface area is 82.3 Å². The van der Waals surface area contributed by atoms with Gasteiger partial charge in [-0.1, -0.05) is 0 Å². The standard InChI is InChI=1S/C8H15N3O3/c1-8(2,9-3)7(13)10-5-4-14-11-6(5)12/h5,9H,4H2,1-3H3,(H,10,13)(H,11,12). The second kappa shape index (κ2) is 3.93. The van der Waals surface area contributed by atoms with Crippen molar-refractivity contribution in [2.24, 2.45) is 0 Å². The number of hydrogen-bond acceptors (Lipinski definition) is 4. The van der Waals surface area contributed by atoms with Crippen LogP contribution in [0.4, 0.5) is 0 Å². The average molecular weight is 201 g/mol. The molecule has 0 radical (unpaired) electrons. The molecule has 3 N–H and O–H groups in total. The molecule has 6 nitrogen and oxygen atoms in total. The number of hydrogen-bond donors (Lipinski definition) is 3. The Hall–Kier alpha value is -1.14. The lowest BCUT2D eigenvalue weighted by molar-refractivity contribution is -0.131. The first kappa shape index (κ1) is 10.9. The molecule has 1 saturated heterocycles. The quantitative estimate of drug-likeness (QED) is 0.521. The van der Waals surface area contributed by atoms with Gasteiger partial charge in [-0.05, 0) is 20.9 Å². The molecule has 0 aliphatic carbocycles. The van der Waals surface area contributed by atoms with Crippen LogP contribution in [-0.4, -0.2) is 37.0 Å². The monoisotopic (exact) mass is 201 g/mol. The molecular formula is C8H15N3O3. The molecule has 1 heterocycles. The van der Waals surface area contributed by atoms with Crippen molar-refractivity contribution in [2.75, 3.05) is 13.7 Å². The number of carbonyl (C=O) groups is 2. The van der Waals surface area contributed by atoms with Crippen LogP contribution in [0.25, 0.3) is 0 Å². The Kier molecular flexibility index (Phi) is 3.07. The van der Waals surface area contributed by atoms with E-state index in [4.69, 9.17) is 0 Å². The number of nitrogens with one attached hydrogen (secondary N) is 3. The number of amides is 2. The molecule has 1 unspecified atom stereocenters. The molecule has 80 valence electrons. The highest BCUT2D eigenvalue weighted by Crippen LogP contribution is 2.03. The minimum atomic E-state index is -0.692. The third-order valence-corrected chi connectivity index (χ3v) is 2.24. The van der Waals surface area contributed by atoms with Crippen molar-refractivity contribution in [1.82, 2.24) is 16.1 Å². The maximum Gasteiger partial charge on any atom is 0.268 e. The highest BCUT2D eigenvalue weighted by molar-refractivity contribution is 5.91. The Morgan fingerprint density at radius 2 is 2.29 bits per heavy atom. The van der Waals surface area contributed by atoms with Gasteiger partial charge in [-0.25, -0.2) is 5.48 Å². The third-order valence-electron chi connectivity index (χ3n) is 2.24. The summed E-state index contributed by atoms with van der Waals surface area (Å²) in [5.74, 6) is -0.545. The molecule has 2 amide bonds. The van der Waals surface area contributed by atoms with E-state index in [-0.39, 0.29) is 18.4 Å². The summed E-state index contributed by atoms with van der Waals surface area (Å²) in [6.45, 7) is 3.64. The number of rotatable bonds is 3. The van der Waals surface area contributed by atoms with E-state index < -0.39 is 11.6 Å². The molecule has 1 aliphatic heterocycles. The first-order chi connectivity index (χ1) is 6.47. The molecule has 0 spiro atoms. The smallest absolute Gasteiger partial charge is 0.268 e. The Balaban J connectivity index is 2.52. The minimum absolute atomic E-state index is 0.171. The van der Waals surface area contributed by atoms with Crippen molar-refractivity contribution in [1.29, 1.82) is 0 Å². The predicted molar refractivity (Wildman–Crippen MR) is 49.2 cm³/mol. The van der Waals surface area contributed by atoms with E-state index in [1.807, 2.05) is 0 Å². The summed E-state index contributed by atoms with van der Waals surface area (Å²) in [7, 11) is 1.69. The SMILES string of the molecule is CNC(C)(C)C(=O)NC1CONC1=O. The van der Waals surface area contributed by atoms with Crippen LogP contribution in [-0.2, 0) is 14.4 Å². The second-order valence-corrected chi connectivity index (χ2v) is 3.68. The molecule has 0 saturated carbocycles. The Bertz CT molecular complexity index is 252. The van der Waals surface area contributed by atoms with Gasteiger partial charge in [0.15, 0.2) is 0 Å². The summed E-state index contributed by atoms with van der Waals surface area (Å²) in [4.78, 5) is 27.3. The van der Waals surface area contributed by atoms with Crippen molar-refractivity contribution < 1.29 is 14.4 Å². The van der Waals surface area contributed by atoms with Crippen LogP contribution in [0.5, 0.6) is 0 Å². The van der Waals surface area contributed by atoms with Gasteiger partial charge in [-0.2, -0.15) is 0 Å². The zero-order chi connectivity index (χ0) is 10.8. The number of carbonyl (C=O) groups excluding carboxylic acids is 2. The van der Waals surface area contributed by atoms with Crippen LogP contribution in [0.1, 0.15) is 13.8 Å². The summed E-state index contributed by atoms with van der Waals surface area (Å²) in [6.07, 6.45) is 0. The highest BCUT2D eigenvalue weighted by Gasteiger charge is 2.32. The van der Waals surface area contributed by atoms with Crippen molar-refractivity contribution in [3.05, 3.63) is 0 Å². The third kappa shape index (κ3) is 2.21. The van der Waals surface area contributed by atoms with Crippen molar-refractivity contribution in [3.8, 4) is 0 Å². The van der Waals surface area contributed by atoms with E-state index in [0.717, 1.165) is 0 Å². The van der Waals surface area contributed by atoms with Crippen LogP contribution in [0.3, 0.4) is 0 Å². The van der Waals surface area contributed by atoms with Crippen LogP contribution in [0.15, 0.2) is 0 Å². The van der Waals surface area contributed by atoms with Crippen molar-refractivity contribution in [2.45, 2.75) is 25.4 Å². The predicted octanol–water partition coefficient (Wildman–Crippen LogP) is -1.47. The molecule has 0 aromatic carbocycles. The minimum Gasteiger partial charge on any atom is -0.341 e. The normalized spacial score (nSPS) is 21.9. The van der Waals surface area contributed by atoms with Crippen molar-refractivity contribution >= 4 is 11.8 Å². The Morgan fingerprint density at radius 3 is 2.71 bits per heavy atom. The Morgan fingerprint density at radius 1 is 1.64 bits per heavy atom. The second-order valence-electron chi connectivity index (χ2n) is 3.68. The van der Waals surface area contributed by atoms with E-state index >= 15 is 0 Å². The van der Waals surface area contributed by atoms with Crippen LogP contribution < -0.4 is 16.1 Å². The number of likely N-dealkylation sites (N-methyl/N-ethyl adjacent to an activating group) is 1. The molecule has 1 fully saturated rings. The zero-order valence-corrected chi connectivity index (χ0v) is 8.51. The summed E-state index contributed by atoms with van der Waals surface area (Å²) < 4.78 is 0. The maximum absolute atomic E-state index is 11.6. The van der Waals surface area contributed by atoms with Gasteiger partial charge in [-0.15, -0.1) is 0 Å². The molecule has 1 rings (SSSR count). The molecule has 0 aromatic rings. The first-order valence-corrected chi connectivity index (χ1v) is 4.39. The van der Waals surface area contributed by atoms with Gasteiger partial charge in [0.2, 0.25) is 5.91 Å². The highest BCUT2D eigenvalue weighted by atomic mass is 16.7. The summed E-state index contributed by atoms with van der Waals surface area (Å²) in [5, 5.41) is 5.43. The lowest BCUT2D eigenvalue weighted by atomic mass is 10.0. The van der Waals surface area contributed by atoms with Gasteiger partial charge in [0.05, 0.1) is 5.54 Å². The van der Waals surface area contributed by atoms with Gasteiger partial charge >= 0.3 is 0 Å². The fourth-order valence-electron chi connectivity index (χ4n) is 0.902. The molecule has 0 aromatic heterocycles. The lowest BCUT2D eigenvalue weighted by Crippen LogP contribution is -2.55.